The zero-order valence-corrected chi connectivity index (χ0v) is 10.0. The summed E-state index contributed by atoms with van der Waals surface area (Å²) in [6.07, 6.45) is 3.30. The Hall–Kier alpha value is -0.870. The van der Waals surface area contributed by atoms with E-state index in [1.54, 1.807) is 6.07 Å². The van der Waals surface area contributed by atoms with Crippen LogP contribution in [0.15, 0.2) is 6.07 Å². The van der Waals surface area contributed by atoms with Crippen molar-refractivity contribution >= 4 is 17.4 Å². The third-order valence-electron chi connectivity index (χ3n) is 3.03. The highest BCUT2D eigenvalue weighted by molar-refractivity contribution is 6.29. The van der Waals surface area contributed by atoms with Gasteiger partial charge in [0.25, 0.3) is 0 Å². The molecule has 16 heavy (non-hydrogen) atoms. The van der Waals surface area contributed by atoms with Gasteiger partial charge in [-0.05, 0) is 19.8 Å². The molecule has 1 heterocycles. The summed E-state index contributed by atoms with van der Waals surface area (Å²) in [6.45, 7) is 2.05. The molecule has 2 unspecified atom stereocenters. The molecular weight excluding hydrogens is 226 g/mol. The van der Waals surface area contributed by atoms with E-state index in [-0.39, 0.29) is 6.61 Å². The van der Waals surface area contributed by atoms with Crippen molar-refractivity contribution in [1.29, 1.82) is 0 Å². The molecular formula is C11H16ClN3O. The van der Waals surface area contributed by atoms with E-state index in [4.69, 9.17) is 11.6 Å². The first-order valence-corrected chi connectivity index (χ1v) is 5.95. The third kappa shape index (κ3) is 2.62. The van der Waals surface area contributed by atoms with Crippen molar-refractivity contribution in [1.82, 2.24) is 9.97 Å². The lowest BCUT2D eigenvalue weighted by Gasteiger charge is -2.19. The molecule has 2 rings (SSSR count). The van der Waals surface area contributed by atoms with E-state index in [1.165, 1.54) is 0 Å². The molecule has 0 aliphatic heterocycles. The van der Waals surface area contributed by atoms with Gasteiger partial charge in [-0.2, -0.15) is 0 Å². The van der Waals surface area contributed by atoms with Crippen LogP contribution in [-0.2, 0) is 0 Å². The van der Waals surface area contributed by atoms with E-state index in [1.807, 2.05) is 6.92 Å². The van der Waals surface area contributed by atoms with E-state index in [2.05, 4.69) is 15.3 Å². The van der Waals surface area contributed by atoms with Gasteiger partial charge in [-0.3, -0.25) is 0 Å². The Morgan fingerprint density at radius 2 is 2.31 bits per heavy atom. The van der Waals surface area contributed by atoms with Gasteiger partial charge in [-0.1, -0.05) is 18.0 Å². The van der Waals surface area contributed by atoms with Crippen molar-refractivity contribution in [2.45, 2.75) is 32.2 Å². The highest BCUT2D eigenvalue weighted by Crippen LogP contribution is 2.28. The first-order valence-electron chi connectivity index (χ1n) is 5.57. The molecule has 4 nitrogen and oxygen atoms in total. The molecule has 88 valence electrons. The SMILES string of the molecule is Cc1nc(Cl)cc(NC2CCCC2CO)n1. The second kappa shape index (κ2) is 4.97. The van der Waals surface area contributed by atoms with Crippen molar-refractivity contribution < 1.29 is 5.11 Å². The fourth-order valence-corrected chi connectivity index (χ4v) is 2.47. The number of nitrogens with one attached hydrogen (secondary N) is 1. The molecule has 0 saturated heterocycles. The lowest BCUT2D eigenvalue weighted by molar-refractivity contribution is 0.222. The summed E-state index contributed by atoms with van der Waals surface area (Å²) in [6, 6.07) is 2.02. The Labute approximate surface area is 100 Å². The van der Waals surface area contributed by atoms with Gasteiger partial charge in [0, 0.05) is 24.6 Å². The number of hydrogen-bond donors (Lipinski definition) is 2. The van der Waals surface area contributed by atoms with Crippen LogP contribution >= 0.6 is 11.6 Å². The summed E-state index contributed by atoms with van der Waals surface area (Å²) in [5, 5.41) is 13.0. The van der Waals surface area contributed by atoms with Crippen LogP contribution in [0.3, 0.4) is 0 Å². The molecule has 2 N–H and O–H groups in total. The Morgan fingerprint density at radius 3 is 3.00 bits per heavy atom. The average Bonchev–Trinajstić information content (AvgIpc) is 2.63. The predicted molar refractivity (Wildman–Crippen MR) is 63.6 cm³/mol. The van der Waals surface area contributed by atoms with Gasteiger partial charge in [0.15, 0.2) is 0 Å². The zero-order chi connectivity index (χ0) is 11.5. The lowest BCUT2D eigenvalue weighted by Crippen LogP contribution is -2.26. The van der Waals surface area contributed by atoms with Crippen LogP contribution in [-0.4, -0.2) is 27.7 Å². The Balaban J connectivity index is 2.08. The maximum absolute atomic E-state index is 9.22. The van der Waals surface area contributed by atoms with E-state index >= 15 is 0 Å². The second-order valence-corrected chi connectivity index (χ2v) is 4.63. The van der Waals surface area contributed by atoms with Crippen molar-refractivity contribution in [2.24, 2.45) is 5.92 Å². The molecule has 1 fully saturated rings. The maximum Gasteiger partial charge on any atom is 0.134 e. The van der Waals surface area contributed by atoms with E-state index in [9.17, 15) is 5.11 Å². The molecule has 0 spiro atoms. The Morgan fingerprint density at radius 1 is 1.50 bits per heavy atom. The molecule has 0 radical (unpaired) electrons. The number of aliphatic hydroxyl groups is 1. The summed E-state index contributed by atoms with van der Waals surface area (Å²) < 4.78 is 0. The molecule has 5 heteroatoms. The summed E-state index contributed by atoms with van der Waals surface area (Å²) >= 11 is 5.87. The van der Waals surface area contributed by atoms with Crippen molar-refractivity contribution in [3.63, 3.8) is 0 Å². The molecule has 1 aliphatic rings. The van der Waals surface area contributed by atoms with Gasteiger partial charge in [-0.15, -0.1) is 0 Å². The first kappa shape index (κ1) is 11.6. The summed E-state index contributed by atoms with van der Waals surface area (Å²) in [4.78, 5) is 8.29. The summed E-state index contributed by atoms with van der Waals surface area (Å²) in [7, 11) is 0. The van der Waals surface area contributed by atoms with Crippen LogP contribution in [0.2, 0.25) is 5.15 Å². The third-order valence-corrected chi connectivity index (χ3v) is 3.23. The van der Waals surface area contributed by atoms with Crippen LogP contribution in [0, 0.1) is 12.8 Å². The van der Waals surface area contributed by atoms with Gasteiger partial charge in [0.05, 0.1) is 0 Å². The molecule has 1 aliphatic carbocycles. The van der Waals surface area contributed by atoms with Crippen LogP contribution in [0.1, 0.15) is 25.1 Å². The van der Waals surface area contributed by atoms with Crippen molar-refractivity contribution in [3.8, 4) is 0 Å². The Kier molecular flexibility index (Phi) is 3.61. The summed E-state index contributed by atoms with van der Waals surface area (Å²) in [5.41, 5.74) is 0. The number of aliphatic hydroxyl groups excluding tert-OH is 1. The molecule has 1 saturated carbocycles. The standard InChI is InChI=1S/C11H16ClN3O/c1-7-13-10(12)5-11(14-7)15-9-4-2-3-8(9)6-16/h5,8-9,16H,2-4,6H2,1H3,(H,13,14,15). The Bertz CT molecular complexity index is 352. The van der Waals surface area contributed by atoms with E-state index < -0.39 is 0 Å². The number of halogens is 1. The van der Waals surface area contributed by atoms with Crippen LogP contribution in [0.5, 0.6) is 0 Å². The van der Waals surface area contributed by atoms with Crippen LogP contribution in [0.25, 0.3) is 0 Å². The van der Waals surface area contributed by atoms with Gasteiger partial charge in [0.2, 0.25) is 0 Å². The molecule has 2 atom stereocenters. The average molecular weight is 242 g/mol. The highest BCUT2D eigenvalue weighted by atomic mass is 35.5. The fourth-order valence-electron chi connectivity index (χ4n) is 2.24. The number of nitrogens with zero attached hydrogens (tertiary/aromatic N) is 2. The fraction of sp³-hybridized carbons (Fsp3) is 0.636. The largest absolute Gasteiger partial charge is 0.396 e. The monoisotopic (exact) mass is 241 g/mol. The molecule has 0 bridgehead atoms. The van der Waals surface area contributed by atoms with Gasteiger partial charge < -0.3 is 10.4 Å². The smallest absolute Gasteiger partial charge is 0.134 e. The normalized spacial score (nSPS) is 24.7. The minimum Gasteiger partial charge on any atom is -0.396 e. The van der Waals surface area contributed by atoms with Gasteiger partial charge in [0.1, 0.15) is 16.8 Å². The second-order valence-electron chi connectivity index (χ2n) is 4.25. The molecule has 0 amide bonds. The minimum atomic E-state index is 0.232. The number of hydrogen-bond acceptors (Lipinski definition) is 4. The highest BCUT2D eigenvalue weighted by Gasteiger charge is 2.26. The number of anilines is 1. The van der Waals surface area contributed by atoms with Crippen LogP contribution in [0.4, 0.5) is 5.82 Å². The van der Waals surface area contributed by atoms with E-state index in [0.29, 0.717) is 22.9 Å². The number of aryl methyl sites for hydroxylation is 1. The zero-order valence-electron chi connectivity index (χ0n) is 9.28. The van der Waals surface area contributed by atoms with Crippen molar-refractivity contribution in [3.05, 3.63) is 17.0 Å². The lowest BCUT2D eigenvalue weighted by atomic mass is 10.1. The van der Waals surface area contributed by atoms with E-state index in [0.717, 1.165) is 25.1 Å². The van der Waals surface area contributed by atoms with Gasteiger partial charge >= 0.3 is 0 Å². The first-order chi connectivity index (χ1) is 7.69. The number of rotatable bonds is 3. The topological polar surface area (TPSA) is 58.0 Å². The minimum absolute atomic E-state index is 0.232. The van der Waals surface area contributed by atoms with Gasteiger partial charge in [-0.25, -0.2) is 9.97 Å². The molecule has 0 aromatic carbocycles. The quantitative estimate of drug-likeness (QED) is 0.795. The summed E-state index contributed by atoms with van der Waals surface area (Å²) in [5.74, 6) is 1.74. The van der Waals surface area contributed by atoms with Crippen molar-refractivity contribution in [2.75, 3.05) is 11.9 Å². The number of aromatic nitrogens is 2. The predicted octanol–water partition coefficient (Wildman–Crippen LogP) is 2.01. The molecule has 1 aromatic rings. The maximum atomic E-state index is 9.22. The van der Waals surface area contributed by atoms with Crippen LogP contribution < -0.4 is 5.32 Å². The molecule has 1 aromatic heterocycles.